The van der Waals surface area contributed by atoms with Gasteiger partial charge < -0.3 is 15.1 Å². The normalized spacial score (nSPS) is 23.3. The summed E-state index contributed by atoms with van der Waals surface area (Å²) in [6.07, 6.45) is 2.64. The lowest BCUT2D eigenvalue weighted by molar-refractivity contribution is 0.132. The van der Waals surface area contributed by atoms with Gasteiger partial charge in [0, 0.05) is 25.7 Å². The van der Waals surface area contributed by atoms with Crippen molar-refractivity contribution in [2.45, 2.75) is 39.7 Å². The van der Waals surface area contributed by atoms with Crippen molar-refractivity contribution >= 4 is 0 Å². The Kier molecular flexibility index (Phi) is 5.90. The molecule has 3 nitrogen and oxygen atoms in total. The molecule has 1 N–H and O–H groups in total. The molecule has 0 saturated carbocycles. The van der Waals surface area contributed by atoms with E-state index >= 15 is 0 Å². The molecule has 0 spiro atoms. The molecule has 0 aromatic carbocycles. The zero-order valence-electron chi connectivity index (χ0n) is 12.4. The summed E-state index contributed by atoms with van der Waals surface area (Å²) >= 11 is 0. The summed E-state index contributed by atoms with van der Waals surface area (Å²) in [6, 6.07) is 0.644. The summed E-state index contributed by atoms with van der Waals surface area (Å²) in [5.41, 5.74) is 0.377. The Morgan fingerprint density at radius 1 is 1.24 bits per heavy atom. The lowest BCUT2D eigenvalue weighted by Gasteiger charge is -2.40. The summed E-state index contributed by atoms with van der Waals surface area (Å²) in [5, 5.41) is 3.65. The monoisotopic (exact) mass is 241 g/mol. The van der Waals surface area contributed by atoms with Gasteiger partial charge >= 0.3 is 0 Å². The van der Waals surface area contributed by atoms with Crippen LogP contribution in [0.3, 0.4) is 0 Å². The highest BCUT2D eigenvalue weighted by Crippen LogP contribution is 2.21. The minimum atomic E-state index is 0.377. The quantitative estimate of drug-likeness (QED) is 0.738. The molecule has 102 valence electrons. The Morgan fingerprint density at radius 3 is 2.53 bits per heavy atom. The van der Waals surface area contributed by atoms with Gasteiger partial charge in [-0.3, -0.25) is 0 Å². The molecule has 3 heteroatoms. The number of hydrogen-bond donors (Lipinski definition) is 1. The maximum atomic E-state index is 3.65. The van der Waals surface area contributed by atoms with Crippen LogP contribution in [0.1, 0.15) is 33.6 Å². The van der Waals surface area contributed by atoms with Crippen molar-refractivity contribution in [1.82, 2.24) is 15.1 Å². The highest BCUT2D eigenvalue weighted by molar-refractivity contribution is 4.87. The van der Waals surface area contributed by atoms with E-state index in [1.165, 1.54) is 39.0 Å². The van der Waals surface area contributed by atoms with Gasteiger partial charge in [-0.1, -0.05) is 20.8 Å². The lowest BCUT2D eigenvalue weighted by Crippen LogP contribution is -2.55. The van der Waals surface area contributed by atoms with Crippen LogP contribution in [-0.2, 0) is 0 Å². The standard InChI is InChI=1S/C14H31N3/c1-14(2,3)13-12-17(11-8-15-13)10-7-6-9-16(4)5/h13,15H,6-12H2,1-5H3. The predicted molar refractivity (Wildman–Crippen MR) is 75.5 cm³/mol. The first-order valence-electron chi connectivity index (χ1n) is 7.00. The number of piperazine rings is 1. The van der Waals surface area contributed by atoms with Crippen molar-refractivity contribution in [2.75, 3.05) is 46.8 Å². The molecule has 1 rings (SSSR count). The molecular formula is C14H31N3. The summed E-state index contributed by atoms with van der Waals surface area (Å²) in [4.78, 5) is 4.90. The van der Waals surface area contributed by atoms with Crippen LogP contribution < -0.4 is 5.32 Å². The van der Waals surface area contributed by atoms with E-state index in [1.54, 1.807) is 0 Å². The van der Waals surface area contributed by atoms with E-state index in [0.717, 1.165) is 6.54 Å². The second kappa shape index (κ2) is 6.72. The number of nitrogens with one attached hydrogen (secondary N) is 1. The average molecular weight is 241 g/mol. The van der Waals surface area contributed by atoms with Gasteiger partial charge in [-0.15, -0.1) is 0 Å². The van der Waals surface area contributed by atoms with Crippen molar-refractivity contribution in [3.05, 3.63) is 0 Å². The van der Waals surface area contributed by atoms with E-state index in [2.05, 4.69) is 50.0 Å². The zero-order valence-corrected chi connectivity index (χ0v) is 12.4. The molecule has 1 saturated heterocycles. The zero-order chi connectivity index (χ0) is 12.9. The van der Waals surface area contributed by atoms with E-state index < -0.39 is 0 Å². The van der Waals surface area contributed by atoms with Gasteiger partial charge in [0.25, 0.3) is 0 Å². The van der Waals surface area contributed by atoms with Crippen LogP contribution in [0.25, 0.3) is 0 Å². The van der Waals surface area contributed by atoms with Crippen LogP contribution in [0.4, 0.5) is 0 Å². The fourth-order valence-corrected chi connectivity index (χ4v) is 2.36. The molecule has 1 aliphatic rings. The second-order valence-electron chi connectivity index (χ2n) is 6.68. The van der Waals surface area contributed by atoms with Crippen molar-refractivity contribution < 1.29 is 0 Å². The third-order valence-corrected chi connectivity index (χ3v) is 3.63. The number of rotatable bonds is 5. The lowest BCUT2D eigenvalue weighted by atomic mass is 9.85. The molecule has 0 aliphatic carbocycles. The molecule has 0 amide bonds. The third-order valence-electron chi connectivity index (χ3n) is 3.63. The minimum absolute atomic E-state index is 0.377. The van der Waals surface area contributed by atoms with E-state index in [0.29, 0.717) is 11.5 Å². The Morgan fingerprint density at radius 2 is 1.94 bits per heavy atom. The molecule has 17 heavy (non-hydrogen) atoms. The fraction of sp³-hybridized carbons (Fsp3) is 1.00. The SMILES string of the molecule is CN(C)CCCCN1CCNC(C(C)(C)C)C1. The largest absolute Gasteiger partial charge is 0.311 e. The number of nitrogens with zero attached hydrogens (tertiary/aromatic N) is 2. The van der Waals surface area contributed by atoms with Crippen molar-refractivity contribution in [3.63, 3.8) is 0 Å². The highest BCUT2D eigenvalue weighted by Gasteiger charge is 2.28. The highest BCUT2D eigenvalue weighted by atomic mass is 15.2. The predicted octanol–water partition coefficient (Wildman–Crippen LogP) is 1.65. The topological polar surface area (TPSA) is 18.5 Å². The Bertz CT molecular complexity index is 208. The minimum Gasteiger partial charge on any atom is -0.311 e. The van der Waals surface area contributed by atoms with Crippen LogP contribution in [-0.4, -0.2) is 62.7 Å². The number of hydrogen-bond acceptors (Lipinski definition) is 3. The van der Waals surface area contributed by atoms with Crippen molar-refractivity contribution in [1.29, 1.82) is 0 Å². The fourth-order valence-electron chi connectivity index (χ4n) is 2.36. The van der Waals surface area contributed by atoms with Gasteiger partial charge in [-0.25, -0.2) is 0 Å². The van der Waals surface area contributed by atoms with Gasteiger partial charge in [0.05, 0.1) is 0 Å². The Labute approximate surface area is 108 Å². The van der Waals surface area contributed by atoms with E-state index in [-0.39, 0.29) is 0 Å². The van der Waals surface area contributed by atoms with Crippen molar-refractivity contribution in [2.24, 2.45) is 5.41 Å². The smallest absolute Gasteiger partial charge is 0.0244 e. The molecule has 0 bridgehead atoms. The van der Waals surface area contributed by atoms with Gasteiger partial charge in [0.2, 0.25) is 0 Å². The molecule has 1 unspecified atom stereocenters. The maximum absolute atomic E-state index is 3.65. The molecule has 0 aromatic heterocycles. The summed E-state index contributed by atoms with van der Waals surface area (Å²) in [7, 11) is 4.31. The van der Waals surface area contributed by atoms with Gasteiger partial charge in [-0.2, -0.15) is 0 Å². The summed E-state index contributed by atoms with van der Waals surface area (Å²) in [6.45, 7) is 13.1. The molecule has 1 fully saturated rings. The maximum Gasteiger partial charge on any atom is 0.0244 e. The van der Waals surface area contributed by atoms with Crippen LogP contribution in [0.5, 0.6) is 0 Å². The Hall–Kier alpha value is -0.120. The Balaban J connectivity index is 2.21. The first-order chi connectivity index (χ1) is 7.89. The van der Waals surface area contributed by atoms with Gasteiger partial charge in [0.1, 0.15) is 0 Å². The molecular weight excluding hydrogens is 210 g/mol. The number of unbranched alkanes of at least 4 members (excludes halogenated alkanes) is 1. The summed E-state index contributed by atoms with van der Waals surface area (Å²) in [5.74, 6) is 0. The van der Waals surface area contributed by atoms with E-state index in [9.17, 15) is 0 Å². The second-order valence-corrected chi connectivity index (χ2v) is 6.68. The first-order valence-corrected chi connectivity index (χ1v) is 7.00. The molecule has 0 aromatic rings. The van der Waals surface area contributed by atoms with Crippen LogP contribution >= 0.6 is 0 Å². The van der Waals surface area contributed by atoms with E-state index in [4.69, 9.17) is 0 Å². The van der Waals surface area contributed by atoms with Crippen LogP contribution in [0.15, 0.2) is 0 Å². The van der Waals surface area contributed by atoms with Crippen LogP contribution in [0.2, 0.25) is 0 Å². The first kappa shape index (κ1) is 14.9. The molecule has 0 radical (unpaired) electrons. The third kappa shape index (κ3) is 5.84. The van der Waals surface area contributed by atoms with Gasteiger partial charge in [-0.05, 0) is 45.4 Å². The molecule has 1 heterocycles. The molecule has 1 aliphatic heterocycles. The summed E-state index contributed by atoms with van der Waals surface area (Å²) < 4.78 is 0. The van der Waals surface area contributed by atoms with Crippen molar-refractivity contribution in [3.8, 4) is 0 Å². The van der Waals surface area contributed by atoms with Gasteiger partial charge in [0.15, 0.2) is 0 Å². The molecule has 1 atom stereocenters. The van der Waals surface area contributed by atoms with Crippen LogP contribution in [0, 0.1) is 5.41 Å². The average Bonchev–Trinajstić information content (AvgIpc) is 2.23. The van der Waals surface area contributed by atoms with E-state index in [1.807, 2.05) is 0 Å².